The monoisotopic (exact) mass is 332 g/mol. The van der Waals surface area contributed by atoms with Crippen molar-refractivity contribution in [1.29, 1.82) is 0 Å². The number of carbonyl (C=O) groups is 1. The minimum atomic E-state index is -3.66. The Balaban J connectivity index is 2.46. The van der Waals surface area contributed by atoms with Crippen LogP contribution in [0.4, 0.5) is 5.69 Å². The number of likely N-dealkylation sites (tertiary alicyclic amines) is 1. The van der Waals surface area contributed by atoms with Crippen LogP contribution < -0.4 is 5.73 Å². The second-order valence-electron chi connectivity index (χ2n) is 4.27. The van der Waals surface area contributed by atoms with Crippen molar-refractivity contribution in [3.05, 3.63) is 22.7 Å². The zero-order valence-electron chi connectivity index (χ0n) is 9.76. The number of nitrogens with two attached hydrogens (primary N) is 1. The molecule has 1 heterocycles. The van der Waals surface area contributed by atoms with Crippen LogP contribution in [0.2, 0.25) is 0 Å². The molecule has 18 heavy (non-hydrogen) atoms. The number of halogens is 1. The molecule has 1 aliphatic rings. The van der Waals surface area contributed by atoms with E-state index in [-0.39, 0.29) is 10.8 Å². The molecule has 7 heteroatoms. The molecule has 1 amide bonds. The van der Waals surface area contributed by atoms with E-state index in [9.17, 15) is 13.2 Å². The van der Waals surface area contributed by atoms with Gasteiger partial charge < -0.3 is 10.6 Å². The number of hydrogen-bond donors (Lipinski definition) is 1. The summed E-state index contributed by atoms with van der Waals surface area (Å²) < 4.78 is 25.2. The van der Waals surface area contributed by atoms with E-state index in [0.29, 0.717) is 23.1 Å². The van der Waals surface area contributed by atoms with Gasteiger partial charge in [-0.3, -0.25) is 4.79 Å². The van der Waals surface area contributed by atoms with Gasteiger partial charge in [-0.1, -0.05) is 0 Å². The second kappa shape index (κ2) is 4.55. The summed E-state index contributed by atoms with van der Waals surface area (Å²) in [4.78, 5) is 13.4. The molecule has 98 valence electrons. The molecule has 1 aliphatic heterocycles. The zero-order chi connectivity index (χ0) is 13.5. The van der Waals surface area contributed by atoms with E-state index in [1.807, 2.05) is 0 Å². The Morgan fingerprint density at radius 2 is 2.11 bits per heavy atom. The largest absolute Gasteiger partial charge is 0.399 e. The van der Waals surface area contributed by atoms with Gasteiger partial charge in [0.05, 0.1) is 4.90 Å². The number of amides is 1. The quantitative estimate of drug-likeness (QED) is 0.820. The van der Waals surface area contributed by atoms with Crippen LogP contribution in [0.15, 0.2) is 27.6 Å². The van der Waals surface area contributed by atoms with Crippen LogP contribution in [-0.2, 0) is 14.6 Å². The Bertz CT molecular complexity index is 600. The molecule has 0 radical (unpaired) electrons. The first kappa shape index (κ1) is 13.4. The van der Waals surface area contributed by atoms with Crippen LogP contribution in [0.5, 0.6) is 0 Å². The molecule has 1 fully saturated rings. The highest BCUT2D eigenvalue weighted by molar-refractivity contribution is 9.10. The molecule has 2 rings (SSSR count). The zero-order valence-corrected chi connectivity index (χ0v) is 12.2. The fourth-order valence-electron chi connectivity index (χ4n) is 1.98. The van der Waals surface area contributed by atoms with Crippen LogP contribution in [-0.4, -0.2) is 38.1 Å². The maximum atomic E-state index is 12.4. The van der Waals surface area contributed by atoms with Gasteiger partial charge in [0.25, 0.3) is 0 Å². The lowest BCUT2D eigenvalue weighted by atomic mass is 10.3. The molecule has 5 nitrogen and oxygen atoms in total. The molecule has 1 atom stereocenters. The van der Waals surface area contributed by atoms with E-state index < -0.39 is 15.1 Å². The number of nitrogen functional groups attached to an aromatic ring is 1. The normalized spacial score (nSPS) is 20.4. The number of nitrogens with zero attached hydrogens (tertiary/aromatic N) is 1. The van der Waals surface area contributed by atoms with Crippen molar-refractivity contribution in [3.8, 4) is 0 Å². The van der Waals surface area contributed by atoms with Crippen molar-refractivity contribution in [2.24, 2.45) is 0 Å². The summed E-state index contributed by atoms with van der Waals surface area (Å²) in [5.41, 5.74) is 6.04. The fourth-order valence-corrected chi connectivity index (χ4v) is 4.81. The average molecular weight is 333 g/mol. The van der Waals surface area contributed by atoms with Gasteiger partial charge in [-0.2, -0.15) is 0 Å². The molecule has 0 bridgehead atoms. The standard InChI is InChI=1S/C11H13BrN2O3S/c1-14-5-4-10(11(14)15)18(16,17)9-3-2-7(13)6-8(9)12/h2-3,6,10H,4-5,13H2,1H3. The van der Waals surface area contributed by atoms with Gasteiger partial charge >= 0.3 is 0 Å². The molecule has 1 saturated heterocycles. The molecular weight excluding hydrogens is 320 g/mol. The predicted octanol–water partition coefficient (Wildman–Crippen LogP) is 1.04. The van der Waals surface area contributed by atoms with Gasteiger partial charge in [0.1, 0.15) is 5.25 Å². The smallest absolute Gasteiger partial charge is 0.241 e. The molecule has 1 aromatic carbocycles. The summed E-state index contributed by atoms with van der Waals surface area (Å²) >= 11 is 3.18. The maximum Gasteiger partial charge on any atom is 0.241 e. The van der Waals surface area contributed by atoms with E-state index in [0.717, 1.165) is 0 Å². The van der Waals surface area contributed by atoms with Gasteiger partial charge in [0.2, 0.25) is 5.91 Å². The van der Waals surface area contributed by atoms with E-state index >= 15 is 0 Å². The Morgan fingerprint density at radius 3 is 2.61 bits per heavy atom. The third-order valence-corrected chi connectivity index (χ3v) is 6.09. The highest BCUT2D eigenvalue weighted by Gasteiger charge is 2.41. The van der Waals surface area contributed by atoms with Crippen molar-refractivity contribution in [2.75, 3.05) is 19.3 Å². The van der Waals surface area contributed by atoms with Gasteiger partial charge in [0.15, 0.2) is 9.84 Å². The Labute approximate surface area is 114 Å². The Morgan fingerprint density at radius 1 is 1.44 bits per heavy atom. The second-order valence-corrected chi connectivity index (χ2v) is 7.23. The van der Waals surface area contributed by atoms with Crippen LogP contribution in [0, 0.1) is 0 Å². The van der Waals surface area contributed by atoms with Crippen molar-refractivity contribution < 1.29 is 13.2 Å². The van der Waals surface area contributed by atoms with E-state index in [1.165, 1.54) is 23.1 Å². The first-order valence-corrected chi connectivity index (χ1v) is 7.72. The molecule has 1 unspecified atom stereocenters. The van der Waals surface area contributed by atoms with Gasteiger partial charge in [-0.15, -0.1) is 0 Å². The topological polar surface area (TPSA) is 80.5 Å². The van der Waals surface area contributed by atoms with Crippen LogP contribution >= 0.6 is 15.9 Å². The Hall–Kier alpha value is -1.08. The third-order valence-electron chi connectivity index (χ3n) is 3.02. The molecule has 0 spiro atoms. The lowest BCUT2D eigenvalue weighted by Crippen LogP contribution is -2.31. The summed E-state index contributed by atoms with van der Waals surface area (Å²) in [6.07, 6.45) is 0.328. The van der Waals surface area contributed by atoms with Crippen molar-refractivity contribution >= 4 is 37.4 Å². The number of anilines is 1. The minimum Gasteiger partial charge on any atom is -0.399 e. The summed E-state index contributed by atoms with van der Waals surface area (Å²) in [6, 6.07) is 4.47. The summed E-state index contributed by atoms with van der Waals surface area (Å²) in [5, 5.41) is -0.984. The summed E-state index contributed by atoms with van der Waals surface area (Å²) in [6.45, 7) is 0.468. The van der Waals surface area contributed by atoms with Gasteiger partial charge in [0, 0.05) is 23.8 Å². The lowest BCUT2D eigenvalue weighted by Gasteiger charge is -2.13. The molecule has 2 N–H and O–H groups in total. The first-order valence-electron chi connectivity index (χ1n) is 5.38. The molecule has 0 saturated carbocycles. The lowest BCUT2D eigenvalue weighted by molar-refractivity contribution is -0.126. The molecule has 1 aromatic rings. The summed E-state index contributed by atoms with van der Waals surface area (Å²) in [7, 11) is -2.05. The van der Waals surface area contributed by atoms with Crippen LogP contribution in [0.3, 0.4) is 0 Å². The van der Waals surface area contributed by atoms with Crippen molar-refractivity contribution in [1.82, 2.24) is 4.90 Å². The number of benzene rings is 1. The van der Waals surface area contributed by atoms with Crippen molar-refractivity contribution in [2.45, 2.75) is 16.6 Å². The van der Waals surface area contributed by atoms with Crippen LogP contribution in [0.1, 0.15) is 6.42 Å². The maximum absolute atomic E-state index is 12.4. The number of sulfone groups is 1. The van der Waals surface area contributed by atoms with E-state index in [2.05, 4.69) is 15.9 Å². The predicted molar refractivity (Wildman–Crippen MR) is 71.8 cm³/mol. The van der Waals surface area contributed by atoms with Gasteiger partial charge in [-0.05, 0) is 40.5 Å². The Kier molecular flexibility index (Phi) is 3.37. The highest BCUT2D eigenvalue weighted by atomic mass is 79.9. The number of carbonyl (C=O) groups excluding carboxylic acids is 1. The molecular formula is C11H13BrN2O3S. The molecule has 0 aromatic heterocycles. The third kappa shape index (κ3) is 2.12. The van der Waals surface area contributed by atoms with E-state index in [4.69, 9.17) is 5.73 Å². The minimum absolute atomic E-state index is 0.116. The van der Waals surface area contributed by atoms with Crippen LogP contribution in [0.25, 0.3) is 0 Å². The average Bonchev–Trinajstić information content (AvgIpc) is 2.59. The molecule has 0 aliphatic carbocycles. The number of hydrogen-bond acceptors (Lipinski definition) is 4. The summed E-state index contributed by atoms with van der Waals surface area (Å²) in [5.74, 6) is -0.348. The van der Waals surface area contributed by atoms with E-state index in [1.54, 1.807) is 7.05 Å². The van der Waals surface area contributed by atoms with Gasteiger partial charge in [-0.25, -0.2) is 8.42 Å². The first-order chi connectivity index (χ1) is 8.34. The highest BCUT2D eigenvalue weighted by Crippen LogP contribution is 2.30. The fraction of sp³-hybridized carbons (Fsp3) is 0.364. The van der Waals surface area contributed by atoms with Crippen molar-refractivity contribution in [3.63, 3.8) is 0 Å². The number of rotatable bonds is 2. The SMILES string of the molecule is CN1CCC(S(=O)(=O)c2ccc(N)cc2Br)C1=O.